The third kappa shape index (κ3) is 3.23. The lowest BCUT2D eigenvalue weighted by Gasteiger charge is -1.98. The molecule has 0 fully saturated rings. The van der Waals surface area contributed by atoms with Crippen LogP contribution in [-0.4, -0.2) is 4.98 Å². The highest BCUT2D eigenvalue weighted by Crippen LogP contribution is 2.17. The minimum absolute atomic E-state index is 0. The molecule has 15 heavy (non-hydrogen) atoms. The van der Waals surface area contributed by atoms with Gasteiger partial charge in [-0.1, -0.05) is 0 Å². The quantitative estimate of drug-likeness (QED) is 0.887. The fourth-order valence-electron chi connectivity index (χ4n) is 1.17. The minimum atomic E-state index is 0. The van der Waals surface area contributed by atoms with Crippen molar-refractivity contribution in [2.75, 3.05) is 0 Å². The van der Waals surface area contributed by atoms with Crippen LogP contribution in [-0.2, 0) is 6.54 Å². The molecule has 0 atom stereocenters. The van der Waals surface area contributed by atoms with E-state index in [1.165, 1.54) is 0 Å². The molecule has 0 saturated carbocycles. The van der Waals surface area contributed by atoms with Crippen LogP contribution in [0, 0.1) is 0 Å². The molecular weight excluding hydrogens is 235 g/mol. The Morgan fingerprint density at radius 1 is 1.27 bits per heavy atom. The van der Waals surface area contributed by atoms with E-state index in [0.717, 1.165) is 16.8 Å². The first kappa shape index (κ1) is 14.0. The summed E-state index contributed by atoms with van der Waals surface area (Å²) in [4.78, 5) is 4.21. The molecule has 0 spiro atoms. The van der Waals surface area contributed by atoms with E-state index in [9.17, 15) is 0 Å². The number of nitrogens with two attached hydrogens (primary N) is 1. The van der Waals surface area contributed by atoms with Gasteiger partial charge in [0, 0.05) is 18.3 Å². The van der Waals surface area contributed by atoms with Crippen LogP contribution in [0.5, 0.6) is 0 Å². The van der Waals surface area contributed by atoms with E-state index in [4.69, 9.17) is 10.2 Å². The maximum atomic E-state index is 5.52. The smallest absolute Gasteiger partial charge is 0.0996 e. The van der Waals surface area contributed by atoms with Gasteiger partial charge in [0.1, 0.15) is 0 Å². The van der Waals surface area contributed by atoms with Gasteiger partial charge in [-0.2, -0.15) is 0 Å². The van der Waals surface area contributed by atoms with E-state index in [2.05, 4.69) is 4.98 Å². The van der Waals surface area contributed by atoms with Crippen LogP contribution >= 0.6 is 24.8 Å². The number of furan rings is 1. The maximum absolute atomic E-state index is 5.52. The SMILES string of the molecule is Cl.Cl.NCc1ccnc(-c2ccoc2)c1. The van der Waals surface area contributed by atoms with Crippen molar-refractivity contribution < 1.29 is 4.42 Å². The lowest BCUT2D eigenvalue weighted by molar-refractivity contribution is 0.568. The van der Waals surface area contributed by atoms with Crippen molar-refractivity contribution in [1.29, 1.82) is 0 Å². The van der Waals surface area contributed by atoms with E-state index in [-0.39, 0.29) is 24.8 Å². The molecule has 82 valence electrons. The van der Waals surface area contributed by atoms with Crippen molar-refractivity contribution in [1.82, 2.24) is 4.98 Å². The number of halogens is 2. The largest absolute Gasteiger partial charge is 0.472 e. The van der Waals surface area contributed by atoms with Gasteiger partial charge in [-0.3, -0.25) is 4.98 Å². The number of hydrogen-bond donors (Lipinski definition) is 1. The lowest BCUT2D eigenvalue weighted by Crippen LogP contribution is -1.96. The molecular formula is C10H12Cl2N2O. The summed E-state index contributed by atoms with van der Waals surface area (Å²) in [5.41, 5.74) is 8.48. The first-order chi connectivity index (χ1) is 6.40. The summed E-state index contributed by atoms with van der Waals surface area (Å²) in [5, 5.41) is 0. The second-order valence-corrected chi connectivity index (χ2v) is 2.77. The predicted molar refractivity (Wildman–Crippen MR) is 64.3 cm³/mol. The zero-order valence-corrected chi connectivity index (χ0v) is 9.55. The summed E-state index contributed by atoms with van der Waals surface area (Å²) in [6, 6.07) is 5.75. The van der Waals surface area contributed by atoms with Crippen molar-refractivity contribution in [3.63, 3.8) is 0 Å². The Hall–Kier alpha value is -1.03. The molecule has 0 amide bonds. The molecule has 0 saturated heterocycles. The van der Waals surface area contributed by atoms with Gasteiger partial charge in [0.15, 0.2) is 0 Å². The second-order valence-electron chi connectivity index (χ2n) is 2.77. The van der Waals surface area contributed by atoms with Gasteiger partial charge in [0.05, 0.1) is 18.2 Å². The van der Waals surface area contributed by atoms with Gasteiger partial charge in [-0.05, 0) is 23.8 Å². The molecule has 2 heterocycles. The molecule has 0 aliphatic carbocycles. The van der Waals surface area contributed by atoms with E-state index >= 15 is 0 Å². The third-order valence-electron chi connectivity index (χ3n) is 1.88. The summed E-state index contributed by atoms with van der Waals surface area (Å²) >= 11 is 0. The zero-order valence-electron chi connectivity index (χ0n) is 7.92. The number of nitrogens with zero attached hydrogens (tertiary/aromatic N) is 1. The number of rotatable bonds is 2. The van der Waals surface area contributed by atoms with E-state index in [1.54, 1.807) is 18.7 Å². The Morgan fingerprint density at radius 3 is 2.67 bits per heavy atom. The van der Waals surface area contributed by atoms with Crippen molar-refractivity contribution >= 4 is 24.8 Å². The van der Waals surface area contributed by atoms with Crippen LogP contribution < -0.4 is 5.73 Å². The Kier molecular flexibility index (Phi) is 6.01. The first-order valence-corrected chi connectivity index (χ1v) is 4.08. The minimum Gasteiger partial charge on any atom is -0.472 e. The Balaban J connectivity index is 0.000000980. The summed E-state index contributed by atoms with van der Waals surface area (Å²) in [6.45, 7) is 0.535. The summed E-state index contributed by atoms with van der Waals surface area (Å²) in [5.74, 6) is 0. The van der Waals surface area contributed by atoms with Gasteiger partial charge in [0.2, 0.25) is 0 Å². The molecule has 5 heteroatoms. The van der Waals surface area contributed by atoms with Gasteiger partial charge < -0.3 is 10.2 Å². The molecule has 0 bridgehead atoms. The van der Waals surface area contributed by atoms with Crippen LogP contribution in [0.4, 0.5) is 0 Å². The van der Waals surface area contributed by atoms with E-state index in [1.807, 2.05) is 18.2 Å². The molecule has 0 aliphatic heterocycles. The Bertz CT molecular complexity index is 390. The maximum Gasteiger partial charge on any atom is 0.0996 e. The monoisotopic (exact) mass is 246 g/mol. The highest BCUT2D eigenvalue weighted by atomic mass is 35.5. The zero-order chi connectivity index (χ0) is 9.10. The molecule has 2 aromatic rings. The average Bonchev–Trinajstić information content (AvgIpc) is 2.71. The molecule has 2 N–H and O–H groups in total. The van der Waals surface area contributed by atoms with Gasteiger partial charge in [-0.15, -0.1) is 24.8 Å². The van der Waals surface area contributed by atoms with Crippen molar-refractivity contribution in [2.45, 2.75) is 6.54 Å². The fourth-order valence-corrected chi connectivity index (χ4v) is 1.17. The first-order valence-electron chi connectivity index (χ1n) is 4.08. The van der Waals surface area contributed by atoms with Crippen molar-refractivity contribution in [2.24, 2.45) is 5.73 Å². The number of pyridine rings is 1. The Labute approximate surface area is 101 Å². The second kappa shape index (κ2) is 6.45. The highest BCUT2D eigenvalue weighted by Gasteiger charge is 2.00. The summed E-state index contributed by atoms with van der Waals surface area (Å²) in [7, 11) is 0. The van der Waals surface area contributed by atoms with Crippen LogP contribution in [0.3, 0.4) is 0 Å². The molecule has 2 rings (SSSR count). The molecule has 0 radical (unpaired) electrons. The molecule has 0 unspecified atom stereocenters. The topological polar surface area (TPSA) is 52.0 Å². The van der Waals surface area contributed by atoms with Gasteiger partial charge in [-0.25, -0.2) is 0 Å². The third-order valence-corrected chi connectivity index (χ3v) is 1.88. The normalized spacial score (nSPS) is 8.87. The molecule has 0 aliphatic rings. The highest BCUT2D eigenvalue weighted by molar-refractivity contribution is 5.85. The van der Waals surface area contributed by atoms with Crippen molar-refractivity contribution in [3.8, 4) is 11.3 Å². The molecule has 3 nitrogen and oxygen atoms in total. The lowest BCUT2D eigenvalue weighted by atomic mass is 10.1. The number of hydrogen-bond acceptors (Lipinski definition) is 3. The molecule has 2 aromatic heterocycles. The van der Waals surface area contributed by atoms with Gasteiger partial charge >= 0.3 is 0 Å². The van der Waals surface area contributed by atoms with Crippen LogP contribution in [0.1, 0.15) is 5.56 Å². The summed E-state index contributed by atoms with van der Waals surface area (Å²) < 4.78 is 4.97. The van der Waals surface area contributed by atoms with Crippen molar-refractivity contribution in [3.05, 3.63) is 42.5 Å². The standard InChI is InChI=1S/C10H10N2O.2ClH/c11-6-8-1-3-12-10(5-8)9-2-4-13-7-9;;/h1-5,7H,6,11H2;2*1H. The van der Waals surface area contributed by atoms with Crippen LogP contribution in [0.25, 0.3) is 11.3 Å². The molecule has 0 aromatic carbocycles. The van der Waals surface area contributed by atoms with Crippen LogP contribution in [0.2, 0.25) is 0 Å². The summed E-state index contributed by atoms with van der Waals surface area (Å²) in [6.07, 6.45) is 5.05. The fraction of sp³-hybridized carbons (Fsp3) is 0.100. The average molecular weight is 247 g/mol. The van der Waals surface area contributed by atoms with Crippen LogP contribution in [0.15, 0.2) is 41.3 Å². The number of aromatic nitrogens is 1. The predicted octanol–water partition coefficient (Wildman–Crippen LogP) is 2.64. The van der Waals surface area contributed by atoms with E-state index < -0.39 is 0 Å². The Morgan fingerprint density at radius 2 is 2.07 bits per heavy atom. The van der Waals surface area contributed by atoms with Gasteiger partial charge in [0.25, 0.3) is 0 Å². The van der Waals surface area contributed by atoms with E-state index in [0.29, 0.717) is 6.54 Å².